The largest absolute Gasteiger partial charge is 0.278 e. The van der Waals surface area contributed by atoms with Crippen LogP contribution in [0.4, 0.5) is 0 Å². The standard InChI is InChI=1S/C12H16.C11H13NS.C10H12N2.C10H15NS.C10H11NS.5CH4/c1-9(2)11-7-6-10-4-3-5-12(10)8-11;1-7(2)9-4-5-11-10(6-9)12-8(3)13-11;1-7(2)8-3-4-9-6-11-12-10(9)5-8;2*1-7(2)10-11-8-5-3-4-6-9(8)12-10;;;;;/h6-9H,3-5H2,1-2H3;4-7H,1-3H3;3-7H,1-2H3,(H,11,12);7H,3-6H2,1-2H3;3-7H,1-2H3;5*1H4. The number of rotatable bonds is 5. The topological polar surface area (TPSA) is 67.3 Å². The van der Waals surface area contributed by atoms with Gasteiger partial charge < -0.3 is 0 Å². The van der Waals surface area contributed by atoms with Crippen molar-refractivity contribution in [3.05, 3.63) is 138 Å². The van der Waals surface area contributed by atoms with Crippen molar-refractivity contribution in [1.82, 2.24) is 25.1 Å². The minimum Gasteiger partial charge on any atom is -0.278 e. The summed E-state index contributed by atoms with van der Waals surface area (Å²) in [5.74, 6) is 3.00. The minimum absolute atomic E-state index is 0. The molecular formula is C58H87N5S3. The smallest absolute Gasteiger partial charge is 0.0963 e. The predicted octanol–water partition coefficient (Wildman–Crippen LogP) is 19.5. The summed E-state index contributed by atoms with van der Waals surface area (Å²) in [6, 6.07) is 28.3. The average Bonchev–Trinajstić information content (AvgIpc) is 4.10. The molecule has 0 aliphatic heterocycles. The van der Waals surface area contributed by atoms with Crippen LogP contribution in [0.15, 0.2) is 85.1 Å². The lowest BCUT2D eigenvalue weighted by molar-refractivity contribution is 0.678. The van der Waals surface area contributed by atoms with E-state index in [2.05, 4.69) is 174 Å². The molecule has 4 aromatic carbocycles. The van der Waals surface area contributed by atoms with E-state index in [4.69, 9.17) is 0 Å². The predicted molar refractivity (Wildman–Crippen MR) is 301 cm³/mol. The maximum absolute atomic E-state index is 4.67. The number of hydrogen-bond donors (Lipinski definition) is 1. The Labute approximate surface area is 414 Å². The van der Waals surface area contributed by atoms with Crippen molar-refractivity contribution in [1.29, 1.82) is 0 Å². The zero-order valence-electron chi connectivity index (χ0n) is 38.4. The molecule has 5 nitrogen and oxygen atoms in total. The second-order valence-corrected chi connectivity index (χ2v) is 21.4. The van der Waals surface area contributed by atoms with Gasteiger partial charge in [-0.3, -0.25) is 5.10 Å². The number of para-hydroxylation sites is 1. The molecule has 0 bridgehead atoms. The second-order valence-electron chi connectivity index (χ2n) is 18.0. The lowest BCUT2D eigenvalue weighted by Gasteiger charge is -2.07. The molecule has 66 heavy (non-hydrogen) atoms. The van der Waals surface area contributed by atoms with Gasteiger partial charge in [0.1, 0.15) is 0 Å². The SMILES string of the molecule is C.C.C.C.C.CC(C)c1ccc2c(c1)CCC2.CC(C)c1ccc2cn[nH]c2c1.CC(C)c1nc2c(s1)CCCC2.CC(C)c1nc2ccccc2s1.Cc1nc2cc(C(C)C)ccc2s1. The molecule has 0 spiro atoms. The number of aryl methyl sites for hydroxylation is 5. The van der Waals surface area contributed by atoms with Crippen molar-refractivity contribution in [2.45, 2.75) is 188 Å². The summed E-state index contributed by atoms with van der Waals surface area (Å²) in [4.78, 5) is 15.2. The van der Waals surface area contributed by atoms with E-state index in [0.717, 1.165) is 21.6 Å². The van der Waals surface area contributed by atoms with Crippen molar-refractivity contribution >= 4 is 65.3 Å². The van der Waals surface area contributed by atoms with Crippen molar-refractivity contribution < 1.29 is 0 Å². The van der Waals surface area contributed by atoms with Crippen LogP contribution >= 0.6 is 34.0 Å². The Bertz CT molecular complexity index is 2540. The third kappa shape index (κ3) is 16.2. The number of fused-ring (bicyclic) bond motifs is 5. The summed E-state index contributed by atoms with van der Waals surface area (Å²) < 4.78 is 2.59. The van der Waals surface area contributed by atoms with Crippen LogP contribution in [0.25, 0.3) is 31.3 Å². The molecule has 0 saturated carbocycles. The lowest BCUT2D eigenvalue weighted by Crippen LogP contribution is -1.99. The van der Waals surface area contributed by atoms with Crippen molar-refractivity contribution in [2.75, 3.05) is 0 Å². The van der Waals surface area contributed by atoms with Gasteiger partial charge in [-0.15, -0.1) is 34.0 Å². The molecule has 4 heterocycles. The molecule has 8 heteroatoms. The Kier molecular flexibility index (Phi) is 25.5. The van der Waals surface area contributed by atoms with Crippen molar-refractivity contribution in [3.63, 3.8) is 0 Å². The summed E-state index contributed by atoms with van der Waals surface area (Å²) in [6.45, 7) is 24.2. The first-order valence-corrected chi connectivity index (χ1v) is 25.0. The number of aromatic nitrogens is 5. The van der Waals surface area contributed by atoms with Gasteiger partial charge in [0.05, 0.1) is 52.9 Å². The normalized spacial score (nSPS) is 12.1. The van der Waals surface area contributed by atoms with Crippen LogP contribution in [-0.2, 0) is 25.7 Å². The number of aromatic amines is 1. The van der Waals surface area contributed by atoms with E-state index in [1.165, 1.54) is 92.1 Å². The van der Waals surface area contributed by atoms with Gasteiger partial charge in [0, 0.05) is 22.1 Å². The zero-order chi connectivity index (χ0) is 43.6. The molecule has 362 valence electrons. The van der Waals surface area contributed by atoms with Crippen LogP contribution in [-0.4, -0.2) is 25.1 Å². The van der Waals surface area contributed by atoms with Gasteiger partial charge in [0.15, 0.2) is 0 Å². The summed E-state index contributed by atoms with van der Waals surface area (Å²) >= 11 is 5.49. The van der Waals surface area contributed by atoms with E-state index in [0.29, 0.717) is 29.6 Å². The quantitative estimate of drug-likeness (QED) is 0.187. The summed E-state index contributed by atoms with van der Waals surface area (Å²) in [5, 5.41) is 11.8. The Morgan fingerprint density at radius 3 is 1.71 bits per heavy atom. The van der Waals surface area contributed by atoms with E-state index in [1.54, 1.807) is 38.7 Å². The van der Waals surface area contributed by atoms with Crippen LogP contribution in [0.3, 0.4) is 0 Å². The summed E-state index contributed by atoms with van der Waals surface area (Å²) in [7, 11) is 0. The molecular weight excluding hydrogens is 863 g/mol. The third-order valence-electron chi connectivity index (χ3n) is 11.3. The number of H-pyrrole nitrogens is 1. The highest BCUT2D eigenvalue weighted by atomic mass is 32.1. The molecule has 0 amide bonds. The molecule has 1 N–H and O–H groups in total. The fraction of sp³-hybridized carbons (Fsp3) is 0.483. The Morgan fingerprint density at radius 2 is 1.06 bits per heavy atom. The van der Waals surface area contributed by atoms with Crippen LogP contribution in [0.2, 0.25) is 0 Å². The first-order valence-electron chi connectivity index (χ1n) is 22.5. The molecule has 2 aliphatic rings. The Morgan fingerprint density at radius 1 is 0.485 bits per heavy atom. The van der Waals surface area contributed by atoms with Crippen molar-refractivity contribution in [2.24, 2.45) is 0 Å². The molecule has 0 fully saturated rings. The number of nitrogens with zero attached hydrogens (tertiary/aromatic N) is 4. The van der Waals surface area contributed by atoms with E-state index in [9.17, 15) is 0 Å². The molecule has 4 aromatic heterocycles. The highest BCUT2D eigenvalue weighted by Crippen LogP contribution is 2.31. The molecule has 0 radical (unpaired) electrons. The Hall–Kier alpha value is -4.24. The van der Waals surface area contributed by atoms with E-state index in [-0.39, 0.29) is 37.1 Å². The van der Waals surface area contributed by atoms with Crippen molar-refractivity contribution in [3.8, 4) is 0 Å². The van der Waals surface area contributed by atoms with Crippen LogP contribution in [0.5, 0.6) is 0 Å². The van der Waals surface area contributed by atoms with Crippen LogP contribution < -0.4 is 0 Å². The van der Waals surface area contributed by atoms with Crippen LogP contribution in [0, 0.1) is 6.92 Å². The third-order valence-corrected chi connectivity index (χ3v) is 15.0. The maximum atomic E-state index is 4.67. The van der Waals surface area contributed by atoms with Gasteiger partial charge in [0.25, 0.3) is 0 Å². The number of nitrogens with one attached hydrogen (secondary N) is 1. The highest BCUT2D eigenvalue weighted by molar-refractivity contribution is 7.18. The first kappa shape index (κ1) is 59.8. The van der Waals surface area contributed by atoms with E-state index in [1.807, 2.05) is 23.6 Å². The second kappa shape index (κ2) is 28.2. The van der Waals surface area contributed by atoms with Gasteiger partial charge >= 0.3 is 0 Å². The molecule has 0 unspecified atom stereocenters. The number of hydrogen-bond acceptors (Lipinski definition) is 7. The fourth-order valence-electron chi connectivity index (χ4n) is 7.44. The minimum atomic E-state index is 0. The van der Waals surface area contributed by atoms with E-state index < -0.39 is 0 Å². The zero-order valence-corrected chi connectivity index (χ0v) is 40.9. The van der Waals surface area contributed by atoms with Gasteiger partial charge in [-0.2, -0.15) is 5.10 Å². The molecule has 0 saturated heterocycles. The van der Waals surface area contributed by atoms with Crippen LogP contribution in [0.1, 0.15) is 209 Å². The average molecular weight is 951 g/mol. The van der Waals surface area contributed by atoms with Gasteiger partial charge in [0.2, 0.25) is 0 Å². The van der Waals surface area contributed by atoms with Gasteiger partial charge in [-0.05, 0) is 128 Å². The number of benzene rings is 4. The number of thiazole rings is 3. The summed E-state index contributed by atoms with van der Waals surface area (Å²) in [6.07, 6.45) is 11.0. The molecule has 10 rings (SSSR count). The highest BCUT2D eigenvalue weighted by Gasteiger charge is 2.16. The fourth-order valence-corrected chi connectivity index (χ4v) is 10.4. The molecule has 0 atom stereocenters. The molecule has 2 aliphatic carbocycles. The van der Waals surface area contributed by atoms with Gasteiger partial charge in [-0.1, -0.05) is 155 Å². The Balaban J connectivity index is 0.000000405. The van der Waals surface area contributed by atoms with Gasteiger partial charge in [-0.25, -0.2) is 15.0 Å². The first-order chi connectivity index (χ1) is 29.2. The maximum Gasteiger partial charge on any atom is 0.0963 e. The lowest BCUT2D eigenvalue weighted by atomic mass is 9.99. The monoisotopic (exact) mass is 950 g/mol. The molecule has 8 aromatic rings. The summed E-state index contributed by atoms with van der Waals surface area (Å²) in [5.41, 5.74) is 12.2. The van der Waals surface area contributed by atoms with E-state index >= 15 is 0 Å².